The monoisotopic (exact) mass is 758 g/mol. The number of ether oxygens (including phenoxy) is 3. The van der Waals surface area contributed by atoms with Gasteiger partial charge in [-0.15, -0.1) is 0 Å². The highest BCUT2D eigenvalue weighted by atomic mass is 19.4. The van der Waals surface area contributed by atoms with Crippen molar-refractivity contribution < 1.29 is 138 Å². The van der Waals surface area contributed by atoms with E-state index < -0.39 is 90.1 Å². The van der Waals surface area contributed by atoms with Gasteiger partial charge in [0, 0.05) is 0 Å². The minimum Gasteiger partial charge on any atom is -0.444 e. The van der Waals surface area contributed by atoms with Crippen LogP contribution in [0.3, 0.4) is 0 Å². The zero-order valence-corrected chi connectivity index (χ0v) is 19.4. The Labute approximate surface area is 229 Å². The second-order valence-corrected chi connectivity index (χ2v) is 8.25. The zero-order valence-electron chi connectivity index (χ0n) is 19.4. The summed E-state index contributed by atoms with van der Waals surface area (Å²) < 4.78 is 361. The van der Waals surface area contributed by atoms with Gasteiger partial charge in [0.2, 0.25) is 6.10 Å². The molecule has 1 saturated carbocycles. The Balaban J connectivity index is 3.89. The van der Waals surface area contributed by atoms with Crippen LogP contribution in [-0.2, 0) is 19.0 Å². The van der Waals surface area contributed by atoms with Crippen molar-refractivity contribution in [3.63, 3.8) is 0 Å². The number of halogens is 27. The highest BCUT2D eigenvalue weighted by Gasteiger charge is 2.97. The van der Waals surface area contributed by atoms with E-state index in [0.29, 0.717) is 0 Å². The molecule has 0 saturated heterocycles. The van der Waals surface area contributed by atoms with Crippen molar-refractivity contribution in [2.24, 2.45) is 0 Å². The van der Waals surface area contributed by atoms with Crippen molar-refractivity contribution in [1.29, 1.82) is 0 Å². The van der Waals surface area contributed by atoms with Crippen molar-refractivity contribution in [3.8, 4) is 0 Å². The summed E-state index contributed by atoms with van der Waals surface area (Å²) in [4.78, 5) is 11.4. The van der Waals surface area contributed by atoms with Gasteiger partial charge < -0.3 is 4.74 Å². The van der Waals surface area contributed by atoms with Gasteiger partial charge in [0.1, 0.15) is 0 Å². The van der Waals surface area contributed by atoms with Crippen molar-refractivity contribution in [3.05, 3.63) is 0 Å². The van der Waals surface area contributed by atoms with E-state index in [4.69, 9.17) is 0 Å². The molecule has 274 valence electrons. The fourth-order valence-electron chi connectivity index (χ4n) is 2.65. The van der Waals surface area contributed by atoms with Crippen LogP contribution in [0.15, 0.2) is 0 Å². The Morgan fingerprint density at radius 2 is 0.804 bits per heavy atom. The average molecular weight is 758 g/mol. The van der Waals surface area contributed by atoms with E-state index in [0.717, 1.165) is 4.74 Å². The smallest absolute Gasteiger partial charge is 0.444 e. The zero-order chi connectivity index (χ0) is 37.8. The highest BCUT2D eigenvalue weighted by molar-refractivity contribution is 5.79. The van der Waals surface area contributed by atoms with Gasteiger partial charge >= 0.3 is 84.0 Å². The summed E-state index contributed by atoms with van der Waals surface area (Å²) in [6.07, 6.45) is -48.5. The molecule has 0 aliphatic heterocycles. The van der Waals surface area contributed by atoms with Gasteiger partial charge in [-0.25, -0.2) is 4.79 Å². The molecular formula is C15HF27O4. The molecule has 0 bridgehead atoms. The molecule has 2 atom stereocenters. The van der Waals surface area contributed by atoms with Crippen LogP contribution >= 0.6 is 0 Å². The van der Waals surface area contributed by atoms with Crippen LogP contribution in [0.4, 0.5) is 119 Å². The topological polar surface area (TPSA) is 44.8 Å². The molecule has 46 heavy (non-hydrogen) atoms. The first-order chi connectivity index (χ1) is 19.4. The van der Waals surface area contributed by atoms with Crippen LogP contribution in [0, 0.1) is 0 Å². The number of esters is 1. The van der Waals surface area contributed by atoms with E-state index in [-0.39, 0.29) is 0 Å². The fraction of sp³-hybridized carbons (Fsp3) is 0.933. The SMILES string of the molecule is O=C(OC1C(F)(F)C(F)(F)C(F)(F)C(F)(F)C1(F)F)C(F)(OC(F)(F)C(F)(OC(F)(F)C(F)(F)C(F)(F)F)C(F)(F)F)C(F)(F)F. The molecule has 0 aromatic carbocycles. The largest absolute Gasteiger partial charge is 0.462 e. The summed E-state index contributed by atoms with van der Waals surface area (Å²) >= 11 is 0. The minimum absolute atomic E-state index is 1.00. The lowest BCUT2D eigenvalue weighted by atomic mass is 9.80. The van der Waals surface area contributed by atoms with Gasteiger partial charge in [-0.3, -0.25) is 9.47 Å². The average Bonchev–Trinajstić information content (AvgIpc) is 2.77. The first-order valence-electron chi connectivity index (χ1n) is 9.64. The standard InChI is InChI=1S/C15HF27O4/c16-3(17)1(4(18,19)7(23,24)8(25,26)6(3,21)22)44-2(43)5(20,11(30,31)32)45-15(41,42)10(29,13(36,37)38)46-14(39,40)9(27,28)12(33,34)35/h1H. The van der Waals surface area contributed by atoms with Crippen molar-refractivity contribution in [1.82, 2.24) is 0 Å². The Morgan fingerprint density at radius 3 is 1.09 bits per heavy atom. The second-order valence-electron chi connectivity index (χ2n) is 8.25. The second kappa shape index (κ2) is 10.3. The van der Waals surface area contributed by atoms with Gasteiger partial charge in [0.25, 0.3) is 0 Å². The molecule has 0 aromatic heterocycles. The molecule has 1 aliphatic carbocycles. The minimum atomic E-state index is -8.75. The maximum atomic E-state index is 14.3. The molecule has 0 amide bonds. The molecule has 31 heteroatoms. The predicted molar refractivity (Wildman–Crippen MR) is 77.5 cm³/mol. The maximum absolute atomic E-state index is 14.3. The van der Waals surface area contributed by atoms with Gasteiger partial charge in [-0.05, 0) is 0 Å². The molecule has 0 spiro atoms. The summed E-state index contributed by atoms with van der Waals surface area (Å²) in [7, 11) is 0. The molecular weight excluding hydrogens is 757 g/mol. The van der Waals surface area contributed by atoms with Crippen molar-refractivity contribution in [2.75, 3.05) is 0 Å². The summed E-state index contributed by atoms with van der Waals surface area (Å²) in [6.45, 7) is 0. The molecule has 1 aliphatic rings. The molecule has 4 nitrogen and oxygen atoms in total. The number of carbonyl (C=O) groups excluding carboxylic acids is 1. The van der Waals surface area contributed by atoms with E-state index in [1.165, 1.54) is 4.74 Å². The normalized spacial score (nSPS) is 24.9. The quantitative estimate of drug-likeness (QED) is 0.186. The van der Waals surface area contributed by atoms with E-state index in [9.17, 15) is 123 Å². The number of hydrogen-bond acceptors (Lipinski definition) is 4. The lowest BCUT2D eigenvalue weighted by Gasteiger charge is -2.49. The van der Waals surface area contributed by atoms with Gasteiger partial charge in [0.05, 0.1) is 0 Å². The molecule has 1 rings (SSSR count). The van der Waals surface area contributed by atoms with E-state index in [2.05, 4.69) is 0 Å². The Morgan fingerprint density at radius 1 is 0.457 bits per heavy atom. The fourth-order valence-corrected chi connectivity index (χ4v) is 2.65. The van der Waals surface area contributed by atoms with Crippen LogP contribution in [-0.4, -0.2) is 90.1 Å². The number of hydrogen-bond donors (Lipinski definition) is 0. The number of rotatable bonds is 8. The van der Waals surface area contributed by atoms with Gasteiger partial charge in [-0.2, -0.15) is 119 Å². The van der Waals surface area contributed by atoms with Crippen LogP contribution in [0.5, 0.6) is 0 Å². The summed E-state index contributed by atoms with van der Waals surface area (Å²) in [5.41, 5.74) is 0. The van der Waals surface area contributed by atoms with Crippen LogP contribution in [0.1, 0.15) is 0 Å². The lowest BCUT2D eigenvalue weighted by Crippen LogP contribution is -2.80. The maximum Gasteiger partial charge on any atom is 0.462 e. The molecule has 0 radical (unpaired) electrons. The summed E-state index contributed by atoms with van der Waals surface area (Å²) in [5, 5.41) is 0. The van der Waals surface area contributed by atoms with Gasteiger partial charge in [-0.1, -0.05) is 0 Å². The van der Waals surface area contributed by atoms with Crippen LogP contribution < -0.4 is 0 Å². The molecule has 0 aromatic rings. The first kappa shape index (κ1) is 41.5. The Kier molecular flexibility index (Phi) is 9.25. The third kappa shape index (κ3) is 5.38. The summed E-state index contributed by atoms with van der Waals surface area (Å²) in [6, 6.07) is 0. The molecule has 1 fully saturated rings. The van der Waals surface area contributed by atoms with Crippen LogP contribution in [0.25, 0.3) is 0 Å². The van der Waals surface area contributed by atoms with E-state index in [1.807, 2.05) is 4.74 Å². The third-order valence-corrected chi connectivity index (χ3v) is 5.13. The highest BCUT2D eigenvalue weighted by Crippen LogP contribution is 2.66. The van der Waals surface area contributed by atoms with Crippen LogP contribution in [0.2, 0.25) is 0 Å². The first-order valence-corrected chi connectivity index (χ1v) is 9.64. The van der Waals surface area contributed by atoms with Crippen molar-refractivity contribution >= 4 is 5.97 Å². The summed E-state index contributed by atoms with van der Waals surface area (Å²) in [5.74, 6) is -70.6. The third-order valence-electron chi connectivity index (χ3n) is 5.13. The Hall–Kier alpha value is -2.50. The molecule has 0 heterocycles. The van der Waals surface area contributed by atoms with Gasteiger partial charge in [0.15, 0.2) is 0 Å². The Bertz CT molecular complexity index is 1130. The molecule has 2 unspecified atom stereocenters. The van der Waals surface area contributed by atoms with Crippen molar-refractivity contribution in [2.45, 2.75) is 84.1 Å². The van der Waals surface area contributed by atoms with E-state index >= 15 is 0 Å². The number of alkyl halides is 27. The predicted octanol–water partition coefficient (Wildman–Crippen LogP) is 7.96. The lowest BCUT2D eigenvalue weighted by molar-refractivity contribution is -0.549. The molecule has 0 N–H and O–H groups in total. The number of carbonyl (C=O) groups is 1. The van der Waals surface area contributed by atoms with E-state index in [1.54, 1.807) is 0 Å².